The van der Waals surface area contributed by atoms with Crippen LogP contribution in [0.5, 0.6) is 0 Å². The molecule has 0 saturated carbocycles. The molecule has 10 heavy (non-hydrogen) atoms. The van der Waals surface area contributed by atoms with Gasteiger partial charge in [0.15, 0.2) is 0 Å². The van der Waals surface area contributed by atoms with Crippen LogP contribution in [0.4, 0.5) is 0 Å². The summed E-state index contributed by atoms with van der Waals surface area (Å²) in [6, 6.07) is 0. The summed E-state index contributed by atoms with van der Waals surface area (Å²) in [6.07, 6.45) is 4.74. The summed E-state index contributed by atoms with van der Waals surface area (Å²) in [5.41, 5.74) is 7.46. The minimum atomic E-state index is 0.730. The summed E-state index contributed by atoms with van der Waals surface area (Å²) in [6.45, 7) is 1.92. The first-order valence-corrected chi connectivity index (χ1v) is 2.87. The smallest absolute Gasteiger partial charge is 0.131 e. The Hall–Kier alpha value is -1.45. The summed E-state index contributed by atoms with van der Waals surface area (Å²) in [4.78, 5) is 6.94. The lowest BCUT2D eigenvalue weighted by Crippen LogP contribution is -1.72. The van der Waals surface area contributed by atoms with E-state index < -0.39 is 0 Å². The van der Waals surface area contributed by atoms with Crippen LogP contribution in [0.15, 0.2) is 17.5 Å². The number of aryl methyl sites for hydroxylation is 1. The molecule has 1 rings (SSSR count). The maximum Gasteiger partial charge on any atom is 0.131 e. The van der Waals surface area contributed by atoms with E-state index >= 15 is 0 Å². The fraction of sp³-hybridized carbons (Fsp3) is 0.167. The molecule has 0 fully saturated rings. The Bertz CT molecular complexity index is 248. The molecule has 0 amide bonds. The van der Waals surface area contributed by atoms with Crippen molar-refractivity contribution in [3.05, 3.63) is 23.9 Å². The molecule has 0 spiro atoms. The largest absolute Gasteiger partial charge is 0.343 e. The van der Waals surface area contributed by atoms with Gasteiger partial charge >= 0.3 is 0 Å². The highest BCUT2D eigenvalue weighted by molar-refractivity contribution is 5.39. The number of rotatable bonds is 2. The molecule has 0 atom stereocenters. The number of nitrogens with one attached hydrogen (secondary N) is 2. The second-order valence-corrected chi connectivity index (χ2v) is 1.90. The number of imidazole rings is 1. The Morgan fingerprint density at radius 3 is 3.10 bits per heavy atom. The van der Waals surface area contributed by atoms with Crippen molar-refractivity contribution in [1.29, 1.82) is 5.53 Å². The van der Waals surface area contributed by atoms with Gasteiger partial charge in [-0.15, -0.1) is 0 Å². The zero-order valence-corrected chi connectivity index (χ0v) is 5.63. The Balaban J connectivity index is 2.75. The number of hydrogen-bond donors (Lipinski definition) is 2. The van der Waals surface area contributed by atoms with Crippen molar-refractivity contribution < 1.29 is 0 Å². The van der Waals surface area contributed by atoms with Crippen LogP contribution in [-0.2, 0) is 0 Å². The molecule has 0 aliphatic carbocycles. The zero-order valence-electron chi connectivity index (χ0n) is 5.63. The highest BCUT2D eigenvalue weighted by atomic mass is 14.9. The molecular weight excluding hydrogens is 128 g/mol. The normalized spacial score (nSPS) is 10.5. The highest BCUT2D eigenvalue weighted by Crippen LogP contribution is 1.96. The first-order chi connectivity index (χ1) is 4.83. The number of aromatic nitrogens is 2. The third-order valence-electron chi connectivity index (χ3n) is 1.03. The van der Waals surface area contributed by atoms with E-state index in [1.54, 1.807) is 12.3 Å². The molecule has 0 aromatic carbocycles. The first kappa shape index (κ1) is 6.67. The molecule has 4 heteroatoms. The van der Waals surface area contributed by atoms with Crippen molar-refractivity contribution in [3.63, 3.8) is 0 Å². The number of H-pyrrole nitrogens is 1. The van der Waals surface area contributed by atoms with Gasteiger partial charge in [0.2, 0.25) is 0 Å². The highest BCUT2D eigenvalue weighted by Gasteiger charge is 1.88. The average Bonchev–Trinajstić information content (AvgIpc) is 2.31. The number of hydrogen-bond acceptors (Lipinski definition) is 3. The van der Waals surface area contributed by atoms with E-state index in [0.717, 1.165) is 11.5 Å². The molecule has 1 aromatic heterocycles. The Morgan fingerprint density at radius 1 is 1.80 bits per heavy atom. The van der Waals surface area contributed by atoms with Gasteiger partial charge in [0.25, 0.3) is 0 Å². The van der Waals surface area contributed by atoms with Crippen LogP contribution in [0.3, 0.4) is 0 Å². The minimum absolute atomic E-state index is 0.730. The molecule has 0 saturated heterocycles. The molecule has 1 heterocycles. The zero-order chi connectivity index (χ0) is 7.40. The van der Waals surface area contributed by atoms with Gasteiger partial charge in [-0.05, 0) is 6.92 Å². The van der Waals surface area contributed by atoms with E-state index in [9.17, 15) is 0 Å². The van der Waals surface area contributed by atoms with Crippen molar-refractivity contribution in [1.82, 2.24) is 9.97 Å². The molecule has 1 aromatic rings. The third-order valence-corrected chi connectivity index (χ3v) is 1.03. The Labute approximate surface area is 58.5 Å². The van der Waals surface area contributed by atoms with Gasteiger partial charge < -0.3 is 4.98 Å². The quantitative estimate of drug-likeness (QED) is 0.597. The second-order valence-electron chi connectivity index (χ2n) is 1.90. The molecule has 0 radical (unpaired) electrons. The maximum absolute atomic E-state index is 6.46. The lowest BCUT2D eigenvalue weighted by atomic mass is 10.5. The van der Waals surface area contributed by atoms with Crippen molar-refractivity contribution in [2.24, 2.45) is 5.11 Å². The van der Waals surface area contributed by atoms with Gasteiger partial charge in [-0.1, -0.05) is 0 Å². The minimum Gasteiger partial charge on any atom is -0.343 e. The number of aromatic amines is 1. The fourth-order valence-corrected chi connectivity index (χ4v) is 0.625. The predicted molar refractivity (Wildman–Crippen MR) is 37.5 cm³/mol. The van der Waals surface area contributed by atoms with Gasteiger partial charge in [-0.25, -0.2) is 10.5 Å². The van der Waals surface area contributed by atoms with E-state index in [0.29, 0.717) is 0 Å². The topological polar surface area (TPSA) is 64.9 Å². The van der Waals surface area contributed by atoms with Gasteiger partial charge in [0, 0.05) is 18.0 Å². The first-order valence-electron chi connectivity index (χ1n) is 2.87. The summed E-state index contributed by atoms with van der Waals surface area (Å²) >= 11 is 0. The van der Waals surface area contributed by atoms with Crippen LogP contribution in [-0.4, -0.2) is 9.97 Å². The average molecular weight is 136 g/mol. The molecule has 2 N–H and O–H groups in total. The van der Waals surface area contributed by atoms with Crippen LogP contribution in [0.2, 0.25) is 0 Å². The molecule has 0 aliphatic rings. The SMILES string of the molecule is Cc1cnc(/C=C\N=N)[nH]1. The van der Waals surface area contributed by atoms with Crippen molar-refractivity contribution in [3.8, 4) is 0 Å². The lowest BCUT2D eigenvalue weighted by Gasteiger charge is -1.79. The standard InChI is InChI=1S/C6H8N4/c1-5-4-8-6(10-5)2-3-9-7/h2-4,7H,1H3,(H,8,10)/b3-2-,9-7?. The van der Waals surface area contributed by atoms with Gasteiger partial charge in [0.05, 0.1) is 6.20 Å². The molecule has 52 valence electrons. The van der Waals surface area contributed by atoms with Crippen LogP contribution in [0, 0.1) is 12.5 Å². The van der Waals surface area contributed by atoms with E-state index in [1.165, 1.54) is 6.20 Å². The van der Waals surface area contributed by atoms with E-state index in [1.807, 2.05) is 6.92 Å². The maximum atomic E-state index is 6.46. The Morgan fingerprint density at radius 2 is 2.60 bits per heavy atom. The van der Waals surface area contributed by atoms with Crippen LogP contribution < -0.4 is 0 Å². The summed E-state index contributed by atoms with van der Waals surface area (Å²) in [7, 11) is 0. The third kappa shape index (κ3) is 1.51. The molecule has 0 unspecified atom stereocenters. The van der Waals surface area contributed by atoms with E-state index in [4.69, 9.17) is 5.53 Å². The molecule has 0 aliphatic heterocycles. The molecule has 4 nitrogen and oxygen atoms in total. The van der Waals surface area contributed by atoms with E-state index in [-0.39, 0.29) is 0 Å². The van der Waals surface area contributed by atoms with Gasteiger partial charge in [-0.3, -0.25) is 0 Å². The van der Waals surface area contributed by atoms with Crippen LogP contribution in [0.25, 0.3) is 6.08 Å². The number of nitrogens with zero attached hydrogens (tertiary/aromatic N) is 2. The summed E-state index contributed by atoms with van der Waals surface area (Å²) in [5.74, 6) is 0.730. The fourth-order valence-electron chi connectivity index (χ4n) is 0.625. The lowest BCUT2D eigenvalue weighted by molar-refractivity contribution is 1.14. The van der Waals surface area contributed by atoms with Gasteiger partial charge in [0.1, 0.15) is 5.82 Å². The summed E-state index contributed by atoms with van der Waals surface area (Å²) in [5, 5.41) is 3.05. The molecular formula is C6H8N4. The van der Waals surface area contributed by atoms with Crippen molar-refractivity contribution in [2.75, 3.05) is 0 Å². The Kier molecular flexibility index (Phi) is 1.94. The van der Waals surface area contributed by atoms with Crippen LogP contribution >= 0.6 is 0 Å². The van der Waals surface area contributed by atoms with Gasteiger partial charge in [-0.2, -0.15) is 5.11 Å². The molecule has 0 bridgehead atoms. The van der Waals surface area contributed by atoms with E-state index in [2.05, 4.69) is 15.1 Å². The van der Waals surface area contributed by atoms with Crippen molar-refractivity contribution in [2.45, 2.75) is 6.92 Å². The second kappa shape index (κ2) is 2.91. The summed E-state index contributed by atoms with van der Waals surface area (Å²) < 4.78 is 0. The monoisotopic (exact) mass is 136 g/mol. The predicted octanol–water partition coefficient (Wildman–Crippen LogP) is 1.72. The van der Waals surface area contributed by atoms with Crippen LogP contribution in [0.1, 0.15) is 11.5 Å². The van der Waals surface area contributed by atoms with Crippen molar-refractivity contribution >= 4 is 6.08 Å².